The maximum Gasteiger partial charge on any atom is 0.169 e. The van der Waals surface area contributed by atoms with Crippen LogP contribution in [0, 0.1) is 0 Å². The Labute approximate surface area is 149 Å². The van der Waals surface area contributed by atoms with Gasteiger partial charge in [-0.15, -0.1) is 0 Å². The Balaban J connectivity index is 1.64. The van der Waals surface area contributed by atoms with Gasteiger partial charge in [0.15, 0.2) is 14.9 Å². The lowest BCUT2D eigenvalue weighted by molar-refractivity contribution is 0.0841. The largest absolute Gasteiger partial charge is 0.376 e. The molecule has 5 nitrogen and oxygen atoms in total. The summed E-state index contributed by atoms with van der Waals surface area (Å²) >= 11 is 5.59. The second-order valence-corrected chi connectivity index (χ2v) is 9.10. The Morgan fingerprint density at radius 1 is 1.29 bits per heavy atom. The van der Waals surface area contributed by atoms with E-state index in [1.165, 1.54) is 0 Å². The molecular formula is C17H24N2O3S2. The highest BCUT2D eigenvalue weighted by Crippen LogP contribution is 2.21. The second-order valence-electron chi connectivity index (χ2n) is 6.49. The van der Waals surface area contributed by atoms with Gasteiger partial charge in [-0.05, 0) is 37.0 Å². The van der Waals surface area contributed by atoms with Gasteiger partial charge >= 0.3 is 0 Å². The van der Waals surface area contributed by atoms with Gasteiger partial charge in [-0.1, -0.05) is 30.3 Å². The maximum absolute atomic E-state index is 11.9. The zero-order valence-corrected chi connectivity index (χ0v) is 15.3. The molecule has 0 saturated carbocycles. The van der Waals surface area contributed by atoms with Crippen LogP contribution in [0.15, 0.2) is 30.3 Å². The van der Waals surface area contributed by atoms with E-state index in [2.05, 4.69) is 5.32 Å². The van der Waals surface area contributed by atoms with Crippen molar-refractivity contribution in [2.45, 2.75) is 38.0 Å². The number of nitrogens with one attached hydrogen (secondary N) is 1. The SMILES string of the molecule is O=S1(=O)CC[C@@H](N(C[C@H]2CCCO2)C(=S)NCc2ccccc2)C1. The van der Waals surface area contributed by atoms with Crippen molar-refractivity contribution < 1.29 is 13.2 Å². The van der Waals surface area contributed by atoms with Gasteiger partial charge in [0.25, 0.3) is 0 Å². The highest BCUT2D eigenvalue weighted by atomic mass is 32.2. The molecule has 1 aromatic carbocycles. The number of ether oxygens (including phenoxy) is 1. The van der Waals surface area contributed by atoms with E-state index < -0.39 is 9.84 Å². The highest BCUT2D eigenvalue weighted by Gasteiger charge is 2.35. The van der Waals surface area contributed by atoms with Crippen molar-refractivity contribution in [3.63, 3.8) is 0 Å². The normalized spacial score (nSPS) is 25.5. The molecule has 0 aliphatic carbocycles. The Kier molecular flexibility index (Phi) is 5.73. The van der Waals surface area contributed by atoms with Crippen molar-refractivity contribution in [3.8, 4) is 0 Å². The first-order chi connectivity index (χ1) is 11.5. The summed E-state index contributed by atoms with van der Waals surface area (Å²) in [5.41, 5.74) is 1.15. The standard InChI is InChI=1S/C17H24N2O3S2/c20-24(21)10-8-15(13-24)19(12-16-7-4-9-22-16)17(23)18-11-14-5-2-1-3-6-14/h1-3,5-6,15-16H,4,7-13H2,(H,18,23)/t15-,16-/m1/s1. The Morgan fingerprint density at radius 2 is 2.08 bits per heavy atom. The van der Waals surface area contributed by atoms with Gasteiger partial charge < -0.3 is 15.0 Å². The van der Waals surface area contributed by atoms with E-state index in [0.717, 1.165) is 25.0 Å². The highest BCUT2D eigenvalue weighted by molar-refractivity contribution is 7.91. The monoisotopic (exact) mass is 368 g/mol. The van der Waals surface area contributed by atoms with Crippen LogP contribution in [0.25, 0.3) is 0 Å². The zero-order chi connectivity index (χ0) is 17.0. The van der Waals surface area contributed by atoms with Crippen molar-refractivity contribution in [1.82, 2.24) is 10.2 Å². The summed E-state index contributed by atoms with van der Waals surface area (Å²) in [6.45, 7) is 2.09. The van der Waals surface area contributed by atoms with E-state index >= 15 is 0 Å². The third-order valence-electron chi connectivity index (χ3n) is 4.62. The summed E-state index contributed by atoms with van der Waals surface area (Å²) in [5, 5.41) is 3.91. The van der Waals surface area contributed by atoms with Gasteiger partial charge in [0.2, 0.25) is 0 Å². The van der Waals surface area contributed by atoms with Crippen LogP contribution in [0.3, 0.4) is 0 Å². The molecular weight excluding hydrogens is 344 g/mol. The first-order valence-corrected chi connectivity index (χ1v) is 10.7. The number of benzene rings is 1. The molecule has 1 aromatic rings. The minimum absolute atomic E-state index is 0.0463. The van der Waals surface area contributed by atoms with Crippen LogP contribution < -0.4 is 5.32 Å². The third kappa shape index (κ3) is 4.68. The van der Waals surface area contributed by atoms with E-state index in [9.17, 15) is 8.42 Å². The van der Waals surface area contributed by atoms with Gasteiger partial charge in [0.05, 0.1) is 17.6 Å². The van der Waals surface area contributed by atoms with E-state index in [1.54, 1.807) is 0 Å². The average Bonchev–Trinajstić information content (AvgIpc) is 3.20. The molecule has 0 aromatic heterocycles. The first kappa shape index (κ1) is 17.6. The number of rotatable bonds is 5. The van der Waals surface area contributed by atoms with Crippen LogP contribution in [-0.2, 0) is 21.1 Å². The Hall–Kier alpha value is -1.18. The summed E-state index contributed by atoms with van der Waals surface area (Å²) in [4.78, 5) is 2.04. The van der Waals surface area contributed by atoms with Crippen LogP contribution >= 0.6 is 12.2 Å². The van der Waals surface area contributed by atoms with Crippen molar-refractivity contribution in [1.29, 1.82) is 0 Å². The molecule has 0 radical (unpaired) electrons. The topological polar surface area (TPSA) is 58.6 Å². The fourth-order valence-electron chi connectivity index (χ4n) is 3.30. The van der Waals surface area contributed by atoms with E-state index in [1.807, 2.05) is 35.2 Å². The van der Waals surface area contributed by atoms with Crippen LogP contribution in [0.5, 0.6) is 0 Å². The fraction of sp³-hybridized carbons (Fsp3) is 0.588. The summed E-state index contributed by atoms with van der Waals surface area (Å²) in [6.07, 6.45) is 2.86. The molecule has 0 amide bonds. The van der Waals surface area contributed by atoms with Gasteiger partial charge in [0, 0.05) is 25.7 Å². The summed E-state index contributed by atoms with van der Waals surface area (Å²) in [6, 6.07) is 10.0. The van der Waals surface area contributed by atoms with E-state index in [4.69, 9.17) is 17.0 Å². The zero-order valence-electron chi connectivity index (χ0n) is 13.7. The third-order valence-corrected chi connectivity index (χ3v) is 6.75. The van der Waals surface area contributed by atoms with Crippen molar-refractivity contribution >= 4 is 27.2 Å². The van der Waals surface area contributed by atoms with Crippen LogP contribution in [-0.4, -0.2) is 55.2 Å². The maximum atomic E-state index is 11.9. The van der Waals surface area contributed by atoms with Gasteiger partial charge in [-0.3, -0.25) is 0 Å². The molecule has 1 N–H and O–H groups in total. The predicted octanol–water partition coefficient (Wildman–Crippen LogP) is 1.73. The molecule has 2 aliphatic heterocycles. The predicted molar refractivity (Wildman–Crippen MR) is 98.6 cm³/mol. The molecule has 7 heteroatoms. The summed E-state index contributed by atoms with van der Waals surface area (Å²) in [7, 11) is -2.94. The summed E-state index contributed by atoms with van der Waals surface area (Å²) < 4.78 is 29.5. The van der Waals surface area contributed by atoms with Gasteiger partial charge in [-0.25, -0.2) is 8.42 Å². The lowest BCUT2D eigenvalue weighted by Gasteiger charge is -2.33. The quantitative estimate of drug-likeness (QED) is 0.799. The van der Waals surface area contributed by atoms with Crippen molar-refractivity contribution in [2.75, 3.05) is 24.7 Å². The number of nitrogens with zero attached hydrogens (tertiary/aromatic N) is 1. The molecule has 2 fully saturated rings. The molecule has 0 unspecified atom stereocenters. The van der Waals surface area contributed by atoms with Crippen LogP contribution in [0.2, 0.25) is 0 Å². The van der Waals surface area contributed by atoms with E-state index in [-0.39, 0.29) is 23.7 Å². The molecule has 132 valence electrons. The summed E-state index contributed by atoms with van der Waals surface area (Å²) in [5.74, 6) is 0.438. The fourth-order valence-corrected chi connectivity index (χ4v) is 5.33. The number of thiocarbonyl (C=S) groups is 1. The van der Waals surface area contributed by atoms with Crippen molar-refractivity contribution in [2.24, 2.45) is 0 Å². The molecule has 2 heterocycles. The molecule has 2 saturated heterocycles. The Bertz CT molecular complexity index is 658. The minimum Gasteiger partial charge on any atom is -0.376 e. The molecule has 24 heavy (non-hydrogen) atoms. The second kappa shape index (κ2) is 7.80. The van der Waals surface area contributed by atoms with Crippen LogP contribution in [0.4, 0.5) is 0 Å². The molecule has 3 rings (SSSR count). The number of hydrogen-bond acceptors (Lipinski definition) is 4. The molecule has 0 spiro atoms. The van der Waals surface area contributed by atoms with Gasteiger partial charge in [0.1, 0.15) is 0 Å². The number of hydrogen-bond donors (Lipinski definition) is 1. The molecule has 2 atom stereocenters. The van der Waals surface area contributed by atoms with Crippen LogP contribution in [0.1, 0.15) is 24.8 Å². The molecule has 0 bridgehead atoms. The van der Waals surface area contributed by atoms with E-state index in [0.29, 0.717) is 24.6 Å². The number of sulfone groups is 1. The van der Waals surface area contributed by atoms with Gasteiger partial charge in [-0.2, -0.15) is 0 Å². The molecule has 2 aliphatic rings. The smallest absolute Gasteiger partial charge is 0.169 e. The van der Waals surface area contributed by atoms with Crippen molar-refractivity contribution in [3.05, 3.63) is 35.9 Å². The minimum atomic E-state index is -2.94. The lowest BCUT2D eigenvalue weighted by atomic mass is 10.2. The average molecular weight is 369 g/mol. The Morgan fingerprint density at radius 3 is 2.71 bits per heavy atom. The lowest BCUT2D eigenvalue weighted by Crippen LogP contribution is -2.49. The first-order valence-electron chi connectivity index (χ1n) is 8.44.